The van der Waals surface area contributed by atoms with Gasteiger partial charge >= 0.3 is 6.09 Å². The van der Waals surface area contributed by atoms with E-state index in [2.05, 4.69) is 22.5 Å². The molecule has 1 heterocycles. The van der Waals surface area contributed by atoms with E-state index in [0.717, 1.165) is 44.4 Å². The van der Waals surface area contributed by atoms with Crippen LogP contribution in [0.15, 0.2) is 4.99 Å². The highest BCUT2D eigenvalue weighted by Gasteiger charge is 2.27. The summed E-state index contributed by atoms with van der Waals surface area (Å²) >= 11 is 0. The number of ether oxygens (including phenoxy) is 1. The van der Waals surface area contributed by atoms with Crippen molar-refractivity contribution < 1.29 is 9.53 Å². The monoisotopic (exact) mass is 366 g/mol. The molecule has 1 aliphatic heterocycles. The molecule has 0 unspecified atom stereocenters. The van der Waals surface area contributed by atoms with E-state index in [0.29, 0.717) is 12.0 Å². The molecule has 0 atom stereocenters. The van der Waals surface area contributed by atoms with Crippen LogP contribution in [-0.2, 0) is 4.74 Å². The molecule has 2 aliphatic rings. The largest absolute Gasteiger partial charge is 0.444 e. The first-order valence-electron chi connectivity index (χ1n) is 10.2. The summed E-state index contributed by atoms with van der Waals surface area (Å²) < 4.78 is 5.46. The number of hydrogen-bond acceptors (Lipinski definition) is 3. The Balaban J connectivity index is 1.67. The molecule has 2 N–H and O–H groups in total. The number of rotatable bonds is 3. The van der Waals surface area contributed by atoms with Crippen molar-refractivity contribution in [2.75, 3.05) is 26.7 Å². The lowest BCUT2D eigenvalue weighted by Gasteiger charge is -2.34. The molecule has 1 saturated heterocycles. The Hall–Kier alpha value is -1.46. The third-order valence-corrected chi connectivity index (χ3v) is 5.40. The standard InChI is InChI=1S/C20H38N4O2/c1-15-6-8-17(9-7-15)23-18(21-5)22-14-16-10-12-24(13-11-16)19(25)26-20(2,3)4/h15-17H,6-14H2,1-5H3,(H2,21,22,23). The molecule has 0 radical (unpaired) electrons. The van der Waals surface area contributed by atoms with Crippen LogP contribution in [0.4, 0.5) is 4.79 Å². The molecular formula is C20H38N4O2. The predicted octanol–water partition coefficient (Wildman–Crippen LogP) is 3.38. The summed E-state index contributed by atoms with van der Waals surface area (Å²) in [5, 5.41) is 7.06. The first-order valence-corrected chi connectivity index (χ1v) is 10.2. The number of amides is 1. The minimum absolute atomic E-state index is 0.187. The van der Waals surface area contributed by atoms with E-state index in [1.54, 1.807) is 0 Å². The molecular weight excluding hydrogens is 328 g/mol. The van der Waals surface area contributed by atoms with Gasteiger partial charge in [-0.2, -0.15) is 0 Å². The number of hydrogen-bond donors (Lipinski definition) is 2. The van der Waals surface area contributed by atoms with Crippen molar-refractivity contribution in [2.45, 2.75) is 77.9 Å². The molecule has 0 aromatic carbocycles. The summed E-state index contributed by atoms with van der Waals surface area (Å²) in [5.41, 5.74) is -0.426. The third kappa shape index (κ3) is 7.04. The summed E-state index contributed by atoms with van der Waals surface area (Å²) in [6.07, 6.45) is 6.89. The van der Waals surface area contributed by atoms with Crippen molar-refractivity contribution in [3.05, 3.63) is 0 Å². The van der Waals surface area contributed by atoms with Gasteiger partial charge < -0.3 is 20.3 Å². The van der Waals surface area contributed by atoms with Crippen LogP contribution in [0.25, 0.3) is 0 Å². The number of guanidine groups is 1. The van der Waals surface area contributed by atoms with Crippen molar-refractivity contribution in [1.29, 1.82) is 0 Å². The molecule has 6 nitrogen and oxygen atoms in total. The summed E-state index contributed by atoms with van der Waals surface area (Å²) in [4.78, 5) is 18.3. The Morgan fingerprint density at radius 2 is 1.73 bits per heavy atom. The van der Waals surface area contributed by atoms with Gasteiger partial charge in [0.1, 0.15) is 5.60 Å². The summed E-state index contributed by atoms with van der Waals surface area (Å²) in [6.45, 7) is 10.5. The second-order valence-electron chi connectivity index (χ2n) is 8.97. The van der Waals surface area contributed by atoms with Gasteiger partial charge in [0.15, 0.2) is 5.96 Å². The first kappa shape index (κ1) is 20.8. The average Bonchev–Trinajstić information content (AvgIpc) is 2.59. The average molecular weight is 367 g/mol. The smallest absolute Gasteiger partial charge is 0.410 e. The van der Waals surface area contributed by atoms with Gasteiger partial charge in [0, 0.05) is 32.7 Å². The van der Waals surface area contributed by atoms with Gasteiger partial charge in [0.2, 0.25) is 0 Å². The zero-order valence-electron chi connectivity index (χ0n) is 17.3. The molecule has 0 spiro atoms. The molecule has 1 amide bonds. The number of carbonyl (C=O) groups excluding carboxylic acids is 1. The van der Waals surface area contributed by atoms with Gasteiger partial charge in [0.05, 0.1) is 0 Å². The van der Waals surface area contributed by atoms with Crippen LogP contribution in [-0.4, -0.2) is 55.3 Å². The van der Waals surface area contributed by atoms with Crippen molar-refractivity contribution in [2.24, 2.45) is 16.8 Å². The SMILES string of the molecule is CN=C(NCC1CCN(C(=O)OC(C)(C)C)CC1)NC1CCC(C)CC1. The lowest BCUT2D eigenvalue weighted by Crippen LogP contribution is -2.48. The van der Waals surface area contributed by atoms with Crippen LogP contribution in [0.5, 0.6) is 0 Å². The number of nitrogens with zero attached hydrogens (tertiary/aromatic N) is 2. The summed E-state index contributed by atoms with van der Waals surface area (Å²) in [6, 6.07) is 0.548. The number of piperidine rings is 1. The highest BCUT2D eigenvalue weighted by Crippen LogP contribution is 2.23. The van der Waals surface area contributed by atoms with Gasteiger partial charge in [-0.05, 0) is 71.1 Å². The Morgan fingerprint density at radius 1 is 1.12 bits per heavy atom. The van der Waals surface area contributed by atoms with Gasteiger partial charge in [-0.3, -0.25) is 4.99 Å². The Morgan fingerprint density at radius 3 is 2.27 bits per heavy atom. The molecule has 1 aliphatic carbocycles. The van der Waals surface area contributed by atoms with E-state index in [4.69, 9.17) is 4.74 Å². The fraction of sp³-hybridized carbons (Fsp3) is 0.900. The number of carbonyl (C=O) groups is 1. The molecule has 1 saturated carbocycles. The Bertz CT molecular complexity index is 471. The van der Waals surface area contributed by atoms with Crippen molar-refractivity contribution in [1.82, 2.24) is 15.5 Å². The second kappa shape index (κ2) is 9.47. The third-order valence-electron chi connectivity index (χ3n) is 5.40. The van der Waals surface area contributed by atoms with Crippen molar-refractivity contribution in [3.63, 3.8) is 0 Å². The maximum Gasteiger partial charge on any atom is 0.410 e. The van der Waals surface area contributed by atoms with E-state index in [1.165, 1.54) is 25.7 Å². The Labute approximate surface area is 159 Å². The zero-order valence-corrected chi connectivity index (χ0v) is 17.3. The van der Waals surface area contributed by atoms with Gasteiger partial charge in [0.25, 0.3) is 0 Å². The topological polar surface area (TPSA) is 66.0 Å². The molecule has 0 bridgehead atoms. The fourth-order valence-corrected chi connectivity index (χ4v) is 3.68. The van der Waals surface area contributed by atoms with E-state index in [-0.39, 0.29) is 6.09 Å². The highest BCUT2D eigenvalue weighted by atomic mass is 16.6. The lowest BCUT2D eigenvalue weighted by molar-refractivity contribution is 0.0185. The molecule has 2 rings (SSSR count). The van der Waals surface area contributed by atoms with E-state index >= 15 is 0 Å². The normalized spacial score (nSPS) is 25.7. The summed E-state index contributed by atoms with van der Waals surface area (Å²) in [7, 11) is 1.84. The summed E-state index contributed by atoms with van der Waals surface area (Å²) in [5.74, 6) is 2.34. The molecule has 0 aromatic rings. The van der Waals surface area contributed by atoms with E-state index in [1.807, 2.05) is 32.7 Å². The van der Waals surface area contributed by atoms with Crippen LogP contribution >= 0.6 is 0 Å². The molecule has 2 fully saturated rings. The Kier molecular flexibility index (Phi) is 7.59. The minimum atomic E-state index is -0.426. The highest BCUT2D eigenvalue weighted by molar-refractivity contribution is 5.80. The molecule has 6 heteroatoms. The predicted molar refractivity (Wildman–Crippen MR) is 106 cm³/mol. The van der Waals surface area contributed by atoms with Crippen LogP contribution in [0.3, 0.4) is 0 Å². The van der Waals surface area contributed by atoms with Crippen molar-refractivity contribution >= 4 is 12.1 Å². The van der Waals surface area contributed by atoms with E-state index < -0.39 is 5.60 Å². The first-order chi connectivity index (χ1) is 12.3. The molecule has 0 aromatic heterocycles. The van der Waals surface area contributed by atoms with Gasteiger partial charge in [-0.1, -0.05) is 6.92 Å². The second-order valence-corrected chi connectivity index (χ2v) is 8.97. The van der Waals surface area contributed by atoms with Gasteiger partial charge in [-0.15, -0.1) is 0 Å². The van der Waals surface area contributed by atoms with Crippen LogP contribution in [0.1, 0.15) is 66.2 Å². The minimum Gasteiger partial charge on any atom is -0.444 e. The quantitative estimate of drug-likeness (QED) is 0.594. The molecule has 150 valence electrons. The maximum absolute atomic E-state index is 12.1. The maximum atomic E-state index is 12.1. The fourth-order valence-electron chi connectivity index (χ4n) is 3.68. The van der Waals surface area contributed by atoms with Crippen LogP contribution < -0.4 is 10.6 Å². The van der Waals surface area contributed by atoms with E-state index in [9.17, 15) is 4.79 Å². The molecule has 26 heavy (non-hydrogen) atoms. The van der Waals surface area contributed by atoms with Crippen LogP contribution in [0.2, 0.25) is 0 Å². The van der Waals surface area contributed by atoms with Crippen LogP contribution in [0, 0.1) is 11.8 Å². The number of likely N-dealkylation sites (tertiary alicyclic amines) is 1. The zero-order chi connectivity index (χ0) is 19.2. The number of aliphatic imine (C=N–C) groups is 1. The number of nitrogens with one attached hydrogen (secondary N) is 2. The van der Waals surface area contributed by atoms with Gasteiger partial charge in [-0.25, -0.2) is 4.79 Å². The van der Waals surface area contributed by atoms with Crippen molar-refractivity contribution in [3.8, 4) is 0 Å². The lowest BCUT2D eigenvalue weighted by atomic mass is 9.87.